The maximum Gasteiger partial charge on any atom is 0.339 e. The van der Waals surface area contributed by atoms with Crippen molar-refractivity contribution in [3.8, 4) is 5.75 Å². The summed E-state index contributed by atoms with van der Waals surface area (Å²) in [6, 6.07) is 10.9. The van der Waals surface area contributed by atoms with E-state index in [2.05, 4.69) is 0 Å². The highest BCUT2D eigenvalue weighted by Crippen LogP contribution is 2.27. The third-order valence-corrected chi connectivity index (χ3v) is 5.19. The molecule has 24 heavy (non-hydrogen) atoms. The summed E-state index contributed by atoms with van der Waals surface area (Å²) >= 11 is 0. The Morgan fingerprint density at radius 3 is 2.46 bits per heavy atom. The third-order valence-electron chi connectivity index (χ3n) is 3.93. The second kappa shape index (κ2) is 6.65. The van der Waals surface area contributed by atoms with Gasteiger partial charge in [0.05, 0.1) is 12.2 Å². The molecule has 0 N–H and O–H groups in total. The normalized spacial score (nSPS) is 13.4. The predicted octanol–water partition coefficient (Wildman–Crippen LogP) is 3.12. The largest absolute Gasteiger partial charge is 0.462 e. The first-order valence-corrected chi connectivity index (χ1v) is 9.24. The van der Waals surface area contributed by atoms with Crippen LogP contribution in [0.4, 0.5) is 0 Å². The molecule has 0 saturated heterocycles. The molecule has 0 saturated carbocycles. The minimum Gasteiger partial charge on any atom is -0.462 e. The van der Waals surface area contributed by atoms with E-state index < -0.39 is 16.1 Å². The van der Waals surface area contributed by atoms with Crippen molar-refractivity contribution in [1.82, 2.24) is 0 Å². The van der Waals surface area contributed by atoms with E-state index in [1.807, 2.05) is 6.07 Å². The minimum absolute atomic E-state index is 0.00366. The van der Waals surface area contributed by atoms with Gasteiger partial charge in [-0.05, 0) is 73.7 Å². The molecule has 126 valence electrons. The number of rotatable bonds is 5. The summed E-state index contributed by atoms with van der Waals surface area (Å²) in [5, 5.41) is 0. The lowest BCUT2D eigenvalue weighted by Crippen LogP contribution is -2.11. The van der Waals surface area contributed by atoms with E-state index in [9.17, 15) is 13.2 Å². The van der Waals surface area contributed by atoms with Gasteiger partial charge in [-0.15, -0.1) is 0 Å². The first-order valence-electron chi connectivity index (χ1n) is 7.83. The van der Waals surface area contributed by atoms with Crippen molar-refractivity contribution in [3.05, 3.63) is 59.2 Å². The number of ether oxygens (including phenoxy) is 1. The average Bonchev–Trinajstić information content (AvgIpc) is 3.02. The van der Waals surface area contributed by atoms with Crippen LogP contribution in [0, 0.1) is 0 Å². The lowest BCUT2D eigenvalue weighted by molar-refractivity contribution is 0.0526. The molecule has 0 atom stereocenters. The van der Waals surface area contributed by atoms with Crippen molar-refractivity contribution in [3.63, 3.8) is 0 Å². The Morgan fingerprint density at radius 2 is 1.75 bits per heavy atom. The molecular formula is C18H18O5S. The summed E-state index contributed by atoms with van der Waals surface area (Å²) in [5.74, 6) is -0.175. The molecule has 0 bridgehead atoms. The zero-order valence-corrected chi connectivity index (χ0v) is 14.1. The van der Waals surface area contributed by atoms with Crippen molar-refractivity contribution in [2.24, 2.45) is 0 Å². The molecule has 0 fully saturated rings. The summed E-state index contributed by atoms with van der Waals surface area (Å²) in [6.07, 6.45) is 3.05. The van der Waals surface area contributed by atoms with Crippen LogP contribution in [-0.4, -0.2) is 21.0 Å². The van der Waals surface area contributed by atoms with E-state index in [1.54, 1.807) is 19.1 Å². The van der Waals surface area contributed by atoms with Crippen molar-refractivity contribution in [2.45, 2.75) is 31.1 Å². The van der Waals surface area contributed by atoms with Gasteiger partial charge in [-0.2, -0.15) is 8.42 Å². The van der Waals surface area contributed by atoms with Crippen LogP contribution in [0.5, 0.6) is 5.75 Å². The van der Waals surface area contributed by atoms with Gasteiger partial charge in [0.1, 0.15) is 10.6 Å². The van der Waals surface area contributed by atoms with Gasteiger partial charge in [0, 0.05) is 0 Å². The summed E-state index contributed by atoms with van der Waals surface area (Å²) in [5.41, 5.74) is 2.69. The van der Waals surface area contributed by atoms with Gasteiger partial charge in [-0.3, -0.25) is 0 Å². The number of carbonyl (C=O) groups excluding carboxylic acids is 1. The van der Waals surface area contributed by atoms with E-state index in [1.165, 1.54) is 29.8 Å². The van der Waals surface area contributed by atoms with Crippen LogP contribution in [0.1, 0.15) is 34.8 Å². The smallest absolute Gasteiger partial charge is 0.339 e. The molecule has 2 aromatic rings. The van der Waals surface area contributed by atoms with Gasteiger partial charge < -0.3 is 8.92 Å². The molecule has 5 nitrogen and oxygen atoms in total. The molecule has 0 aromatic heterocycles. The Bertz CT molecular complexity index is 853. The highest BCUT2D eigenvalue weighted by Gasteiger charge is 2.19. The number of fused-ring (bicyclic) bond motifs is 1. The molecule has 0 unspecified atom stereocenters. The summed E-state index contributed by atoms with van der Waals surface area (Å²) in [6.45, 7) is 1.97. The lowest BCUT2D eigenvalue weighted by Gasteiger charge is -2.09. The molecule has 3 rings (SSSR count). The monoisotopic (exact) mass is 346 g/mol. The summed E-state index contributed by atoms with van der Waals surface area (Å²) < 4.78 is 34.8. The van der Waals surface area contributed by atoms with Gasteiger partial charge in [0.2, 0.25) is 0 Å². The van der Waals surface area contributed by atoms with Gasteiger partial charge in [-0.25, -0.2) is 4.79 Å². The minimum atomic E-state index is -3.94. The highest BCUT2D eigenvalue weighted by molar-refractivity contribution is 7.87. The van der Waals surface area contributed by atoms with Gasteiger partial charge in [-0.1, -0.05) is 6.07 Å². The SMILES string of the molecule is CCOC(=O)c1ccc(S(=O)(=O)Oc2ccc3c(c2)CCC3)cc1. The third kappa shape index (κ3) is 3.43. The Labute approximate surface area is 141 Å². The molecular weight excluding hydrogens is 328 g/mol. The molecule has 2 aromatic carbocycles. The topological polar surface area (TPSA) is 69.7 Å². The molecule has 0 heterocycles. The zero-order chi connectivity index (χ0) is 17.2. The first-order chi connectivity index (χ1) is 11.5. The second-order valence-electron chi connectivity index (χ2n) is 5.57. The van der Waals surface area contributed by atoms with Crippen LogP contribution < -0.4 is 4.18 Å². The van der Waals surface area contributed by atoms with E-state index in [4.69, 9.17) is 8.92 Å². The van der Waals surface area contributed by atoms with Crippen molar-refractivity contribution in [2.75, 3.05) is 6.61 Å². The molecule has 6 heteroatoms. The molecule has 0 amide bonds. The lowest BCUT2D eigenvalue weighted by atomic mass is 10.1. The van der Waals surface area contributed by atoms with Crippen LogP contribution in [0.15, 0.2) is 47.4 Å². The van der Waals surface area contributed by atoms with Crippen LogP contribution >= 0.6 is 0 Å². The van der Waals surface area contributed by atoms with Crippen LogP contribution in [-0.2, 0) is 27.7 Å². The quantitative estimate of drug-likeness (QED) is 0.614. The Kier molecular flexibility index (Phi) is 4.57. The van der Waals surface area contributed by atoms with Gasteiger partial charge in [0.15, 0.2) is 0 Å². The van der Waals surface area contributed by atoms with Crippen molar-refractivity contribution in [1.29, 1.82) is 0 Å². The Hall–Kier alpha value is -2.34. The van der Waals surface area contributed by atoms with E-state index in [0.717, 1.165) is 24.8 Å². The first kappa shape index (κ1) is 16.5. The Balaban J connectivity index is 1.79. The number of carbonyl (C=O) groups is 1. The number of esters is 1. The van der Waals surface area contributed by atoms with Crippen LogP contribution in [0.25, 0.3) is 0 Å². The van der Waals surface area contributed by atoms with Gasteiger partial charge >= 0.3 is 16.1 Å². The van der Waals surface area contributed by atoms with Crippen LogP contribution in [0.2, 0.25) is 0 Å². The number of hydrogen-bond donors (Lipinski definition) is 0. The van der Waals surface area contributed by atoms with E-state index in [-0.39, 0.29) is 11.5 Å². The van der Waals surface area contributed by atoms with E-state index in [0.29, 0.717) is 11.3 Å². The fraction of sp³-hybridized carbons (Fsp3) is 0.278. The molecule has 1 aliphatic carbocycles. The zero-order valence-electron chi connectivity index (χ0n) is 13.3. The fourth-order valence-electron chi connectivity index (χ4n) is 2.75. The second-order valence-corrected chi connectivity index (χ2v) is 7.11. The Morgan fingerprint density at radius 1 is 1.04 bits per heavy atom. The molecule has 0 aliphatic heterocycles. The molecule has 0 spiro atoms. The van der Waals surface area contributed by atoms with Gasteiger partial charge in [0.25, 0.3) is 0 Å². The molecule has 1 aliphatic rings. The summed E-state index contributed by atoms with van der Waals surface area (Å²) in [4.78, 5) is 11.6. The maximum atomic E-state index is 12.4. The fourth-order valence-corrected chi connectivity index (χ4v) is 3.67. The maximum absolute atomic E-state index is 12.4. The number of hydrogen-bond acceptors (Lipinski definition) is 5. The van der Waals surface area contributed by atoms with Crippen molar-refractivity contribution >= 4 is 16.1 Å². The van der Waals surface area contributed by atoms with Crippen LogP contribution in [0.3, 0.4) is 0 Å². The number of aryl methyl sites for hydroxylation is 2. The highest BCUT2D eigenvalue weighted by atomic mass is 32.2. The molecule has 0 radical (unpaired) electrons. The predicted molar refractivity (Wildman–Crippen MR) is 88.7 cm³/mol. The van der Waals surface area contributed by atoms with E-state index >= 15 is 0 Å². The number of benzene rings is 2. The van der Waals surface area contributed by atoms with Crippen molar-refractivity contribution < 1.29 is 22.1 Å². The standard InChI is InChI=1S/C18H18O5S/c1-2-22-18(19)14-7-10-17(11-8-14)24(20,21)23-16-9-6-13-4-3-5-15(13)12-16/h6-12H,2-5H2,1H3. The summed E-state index contributed by atoms with van der Waals surface area (Å²) in [7, 11) is -3.94. The average molecular weight is 346 g/mol.